The Morgan fingerprint density at radius 3 is 2.75 bits per heavy atom. The Hall–Kier alpha value is -0.720. The van der Waals surface area contributed by atoms with Crippen molar-refractivity contribution < 1.29 is 19.1 Å². The molecule has 16 heavy (non-hydrogen) atoms. The third kappa shape index (κ3) is 3.40. The number of carbonyl (C=O) groups excluding carboxylic acids is 1. The highest BCUT2D eigenvalue weighted by Gasteiger charge is 2.32. The first-order chi connectivity index (χ1) is 7.23. The largest absolute Gasteiger partial charge is 0.344 e. The highest BCUT2D eigenvalue weighted by molar-refractivity contribution is 7.51. The number of nitrogens with two attached hydrogens (primary N) is 1. The molecule has 1 atom stereocenters. The summed E-state index contributed by atoms with van der Waals surface area (Å²) in [6.45, 7) is 1.49. The molecule has 5 N–H and O–H groups in total. The Kier molecular flexibility index (Phi) is 3.88. The Morgan fingerprint density at radius 1 is 1.69 bits per heavy atom. The van der Waals surface area contributed by atoms with Crippen LogP contribution in [0, 0.1) is 0 Å². The summed E-state index contributed by atoms with van der Waals surface area (Å²) in [6, 6.07) is 3.45. The van der Waals surface area contributed by atoms with Crippen LogP contribution in [0.1, 0.15) is 11.8 Å². The summed E-state index contributed by atoms with van der Waals surface area (Å²) in [5.41, 5.74) is 4.53. The van der Waals surface area contributed by atoms with Crippen molar-refractivity contribution >= 4 is 24.8 Å². The van der Waals surface area contributed by atoms with Gasteiger partial charge in [-0.15, -0.1) is 11.3 Å². The van der Waals surface area contributed by atoms with Gasteiger partial charge in [0.1, 0.15) is 11.8 Å². The van der Waals surface area contributed by atoms with Crippen molar-refractivity contribution in [2.75, 3.05) is 6.29 Å². The summed E-state index contributed by atoms with van der Waals surface area (Å²) >= 11 is 1.31. The van der Waals surface area contributed by atoms with Crippen LogP contribution in [0.5, 0.6) is 0 Å². The maximum Gasteiger partial charge on any atom is 0.344 e. The fourth-order valence-electron chi connectivity index (χ4n) is 1.04. The molecule has 6 nitrogen and oxygen atoms in total. The molecule has 1 heterocycles. The lowest BCUT2D eigenvalue weighted by molar-refractivity contribution is -0.125. The van der Waals surface area contributed by atoms with Gasteiger partial charge in [-0.25, -0.2) is 0 Å². The Labute approximate surface area is 96.6 Å². The third-order valence-corrected chi connectivity index (χ3v) is 3.63. The van der Waals surface area contributed by atoms with Gasteiger partial charge >= 0.3 is 7.60 Å². The average Bonchev–Trinajstić information content (AvgIpc) is 2.65. The van der Waals surface area contributed by atoms with E-state index >= 15 is 0 Å². The van der Waals surface area contributed by atoms with E-state index in [1.807, 2.05) is 0 Å². The van der Waals surface area contributed by atoms with E-state index in [0.29, 0.717) is 4.88 Å². The lowest BCUT2D eigenvalue weighted by Gasteiger charge is -2.22. The molecule has 0 unspecified atom stereocenters. The van der Waals surface area contributed by atoms with Gasteiger partial charge < -0.3 is 20.8 Å². The topological polar surface area (TPSA) is 113 Å². The monoisotopic (exact) mass is 264 g/mol. The van der Waals surface area contributed by atoms with E-state index < -0.39 is 25.3 Å². The predicted octanol–water partition coefficient (Wildman–Crippen LogP) is 0.173. The van der Waals surface area contributed by atoms with Gasteiger partial charge in [0.2, 0.25) is 5.91 Å². The number of nitrogens with one attached hydrogen (secondary N) is 1. The second-order valence-corrected chi connectivity index (χ2v) is 6.10. The summed E-state index contributed by atoms with van der Waals surface area (Å²) in [5.74, 6) is -0.613. The van der Waals surface area contributed by atoms with Crippen LogP contribution in [0.3, 0.4) is 0 Å². The minimum Gasteiger partial charge on any atom is -0.343 e. The zero-order valence-corrected chi connectivity index (χ0v) is 10.3. The van der Waals surface area contributed by atoms with Crippen LogP contribution in [0.2, 0.25) is 0 Å². The molecule has 0 aliphatic carbocycles. The standard InChI is InChI=1S/C8H13N2O4PS/c1-8(9,6-3-2-4-16-6)7(11)10-5-15(12,13)14/h2-4H,5,9H2,1H3,(H,10,11)(H2,12,13,14)/t8-/m1/s1. The van der Waals surface area contributed by atoms with Crippen LogP contribution in [0.4, 0.5) is 0 Å². The molecule has 0 saturated carbocycles. The molecule has 0 bridgehead atoms. The van der Waals surface area contributed by atoms with Crippen molar-refractivity contribution in [2.45, 2.75) is 12.5 Å². The summed E-state index contributed by atoms with van der Waals surface area (Å²) < 4.78 is 10.6. The van der Waals surface area contributed by atoms with Crippen LogP contribution < -0.4 is 11.1 Å². The van der Waals surface area contributed by atoms with Crippen molar-refractivity contribution in [3.05, 3.63) is 22.4 Å². The minimum atomic E-state index is -4.25. The molecule has 0 radical (unpaired) electrons. The van der Waals surface area contributed by atoms with Gasteiger partial charge in [0.15, 0.2) is 0 Å². The summed E-state index contributed by atoms with van der Waals surface area (Å²) in [4.78, 5) is 29.5. The van der Waals surface area contributed by atoms with Gasteiger partial charge in [0.05, 0.1) is 0 Å². The van der Waals surface area contributed by atoms with Gasteiger partial charge in [-0.1, -0.05) is 6.07 Å². The van der Waals surface area contributed by atoms with E-state index in [1.165, 1.54) is 18.3 Å². The van der Waals surface area contributed by atoms with Gasteiger partial charge in [-0.2, -0.15) is 0 Å². The van der Waals surface area contributed by atoms with E-state index in [2.05, 4.69) is 5.32 Å². The quantitative estimate of drug-likeness (QED) is 0.579. The molecular weight excluding hydrogens is 251 g/mol. The van der Waals surface area contributed by atoms with Gasteiger partial charge in [-0.3, -0.25) is 9.36 Å². The zero-order chi connectivity index (χ0) is 12.4. The normalized spacial score (nSPS) is 15.5. The van der Waals surface area contributed by atoms with Crippen LogP contribution in [-0.4, -0.2) is 22.0 Å². The van der Waals surface area contributed by atoms with E-state index in [1.54, 1.807) is 17.5 Å². The number of rotatable bonds is 4. The van der Waals surface area contributed by atoms with Crippen LogP contribution in [-0.2, 0) is 14.9 Å². The molecule has 1 rings (SSSR count). The summed E-state index contributed by atoms with van der Waals surface area (Å²) in [5, 5.41) is 3.91. The summed E-state index contributed by atoms with van der Waals surface area (Å²) in [6.07, 6.45) is -0.704. The maximum atomic E-state index is 11.6. The van der Waals surface area contributed by atoms with Crippen molar-refractivity contribution in [3.8, 4) is 0 Å². The molecule has 90 valence electrons. The van der Waals surface area contributed by atoms with Crippen molar-refractivity contribution in [2.24, 2.45) is 5.73 Å². The van der Waals surface area contributed by atoms with E-state index in [4.69, 9.17) is 15.5 Å². The second-order valence-electron chi connectivity index (χ2n) is 3.51. The lowest BCUT2D eigenvalue weighted by atomic mass is 10.0. The Morgan fingerprint density at radius 2 is 2.31 bits per heavy atom. The maximum absolute atomic E-state index is 11.6. The first-order valence-electron chi connectivity index (χ1n) is 4.39. The molecule has 8 heteroatoms. The minimum absolute atomic E-state index is 0.613. The van der Waals surface area contributed by atoms with Crippen molar-refractivity contribution in [1.29, 1.82) is 0 Å². The first kappa shape index (κ1) is 13.3. The number of thiophene rings is 1. The third-order valence-electron chi connectivity index (χ3n) is 1.95. The van der Waals surface area contributed by atoms with Gasteiger partial charge in [-0.05, 0) is 18.4 Å². The molecule has 0 aliphatic heterocycles. The molecule has 0 aliphatic rings. The molecule has 1 aromatic rings. The molecule has 0 aromatic carbocycles. The van der Waals surface area contributed by atoms with Crippen LogP contribution in [0.25, 0.3) is 0 Å². The fourth-order valence-corrected chi connectivity index (χ4v) is 2.19. The molecule has 0 fully saturated rings. The molecular formula is C8H13N2O4PS. The molecule has 1 aromatic heterocycles. The lowest BCUT2D eigenvalue weighted by Crippen LogP contribution is -2.48. The smallest absolute Gasteiger partial charge is 0.343 e. The Bertz CT molecular complexity index is 412. The van der Waals surface area contributed by atoms with Crippen LogP contribution in [0.15, 0.2) is 17.5 Å². The highest BCUT2D eigenvalue weighted by Crippen LogP contribution is 2.32. The zero-order valence-electron chi connectivity index (χ0n) is 8.58. The number of carbonyl (C=O) groups is 1. The molecule has 0 saturated heterocycles. The number of hydrogen-bond acceptors (Lipinski definition) is 4. The van der Waals surface area contributed by atoms with Crippen molar-refractivity contribution in [3.63, 3.8) is 0 Å². The number of hydrogen-bond donors (Lipinski definition) is 4. The van der Waals surface area contributed by atoms with E-state index in [-0.39, 0.29) is 0 Å². The molecule has 0 spiro atoms. The highest BCUT2D eigenvalue weighted by atomic mass is 32.1. The second kappa shape index (κ2) is 4.65. The van der Waals surface area contributed by atoms with Gasteiger partial charge in [0, 0.05) is 4.88 Å². The Balaban J connectivity index is 2.70. The summed E-state index contributed by atoms with van der Waals surface area (Å²) in [7, 11) is -4.25. The van der Waals surface area contributed by atoms with Crippen molar-refractivity contribution in [1.82, 2.24) is 5.32 Å². The fraction of sp³-hybridized carbons (Fsp3) is 0.375. The first-order valence-corrected chi connectivity index (χ1v) is 7.07. The van der Waals surface area contributed by atoms with Gasteiger partial charge in [0.25, 0.3) is 0 Å². The number of amides is 1. The predicted molar refractivity (Wildman–Crippen MR) is 60.9 cm³/mol. The van der Waals surface area contributed by atoms with Crippen LogP contribution >= 0.6 is 18.9 Å². The average molecular weight is 264 g/mol. The molecule has 1 amide bonds. The van der Waals surface area contributed by atoms with E-state index in [0.717, 1.165) is 0 Å². The SMILES string of the molecule is C[C@](N)(C(=O)NCP(=O)(O)O)c1cccs1. The van der Waals surface area contributed by atoms with E-state index in [9.17, 15) is 9.36 Å².